The van der Waals surface area contributed by atoms with E-state index in [0.717, 1.165) is 32.8 Å². The van der Waals surface area contributed by atoms with E-state index < -0.39 is 0 Å². The molecule has 1 aliphatic heterocycles. The van der Waals surface area contributed by atoms with Gasteiger partial charge in [-0.2, -0.15) is 0 Å². The predicted molar refractivity (Wildman–Crippen MR) is 98.7 cm³/mol. The first-order valence-corrected chi connectivity index (χ1v) is 8.96. The van der Waals surface area contributed by atoms with Crippen molar-refractivity contribution in [2.45, 2.75) is 33.0 Å². The van der Waals surface area contributed by atoms with Crippen molar-refractivity contribution in [3.05, 3.63) is 47.2 Å². The number of nitrogens with one attached hydrogen (secondary N) is 2. The molecule has 2 aromatic rings. The van der Waals surface area contributed by atoms with Gasteiger partial charge in [-0.1, -0.05) is 29.4 Å². The number of ether oxygens (including phenoxy) is 1. The van der Waals surface area contributed by atoms with Gasteiger partial charge in [-0.15, -0.1) is 0 Å². The van der Waals surface area contributed by atoms with Crippen LogP contribution < -0.4 is 10.6 Å². The summed E-state index contributed by atoms with van der Waals surface area (Å²) in [5, 5.41) is 9.83. The molecular formula is C19H26N4O3. The molecule has 2 heterocycles. The summed E-state index contributed by atoms with van der Waals surface area (Å²) in [4.78, 5) is 14.7. The number of hydrogen-bond acceptors (Lipinski definition) is 6. The van der Waals surface area contributed by atoms with Gasteiger partial charge in [0.25, 0.3) is 0 Å². The molecule has 0 spiro atoms. The molecule has 7 nitrogen and oxygen atoms in total. The van der Waals surface area contributed by atoms with E-state index in [4.69, 9.17) is 9.26 Å². The fourth-order valence-corrected chi connectivity index (χ4v) is 2.90. The Morgan fingerprint density at radius 1 is 1.27 bits per heavy atom. The lowest BCUT2D eigenvalue weighted by atomic mass is 10.1. The van der Waals surface area contributed by atoms with Gasteiger partial charge in [0.05, 0.1) is 19.3 Å². The van der Waals surface area contributed by atoms with E-state index in [1.54, 1.807) is 13.0 Å². The topological polar surface area (TPSA) is 79.6 Å². The molecule has 0 radical (unpaired) electrons. The summed E-state index contributed by atoms with van der Waals surface area (Å²) < 4.78 is 10.4. The van der Waals surface area contributed by atoms with Crippen LogP contribution in [0, 0.1) is 6.92 Å². The van der Waals surface area contributed by atoms with Crippen LogP contribution in [0.15, 0.2) is 34.9 Å². The van der Waals surface area contributed by atoms with E-state index in [1.165, 1.54) is 11.1 Å². The van der Waals surface area contributed by atoms with Crippen molar-refractivity contribution in [1.29, 1.82) is 0 Å². The van der Waals surface area contributed by atoms with E-state index in [0.29, 0.717) is 18.1 Å². The third-order valence-corrected chi connectivity index (χ3v) is 4.49. The van der Waals surface area contributed by atoms with Crippen LogP contribution in [0.1, 0.15) is 23.8 Å². The number of aromatic nitrogens is 1. The van der Waals surface area contributed by atoms with Gasteiger partial charge in [-0.3, -0.25) is 9.69 Å². The molecule has 0 aliphatic carbocycles. The summed E-state index contributed by atoms with van der Waals surface area (Å²) in [6.45, 7) is 8.66. The van der Waals surface area contributed by atoms with Crippen molar-refractivity contribution in [3.63, 3.8) is 0 Å². The molecule has 1 atom stereocenters. The van der Waals surface area contributed by atoms with Gasteiger partial charge < -0.3 is 19.9 Å². The molecule has 0 saturated carbocycles. The van der Waals surface area contributed by atoms with Gasteiger partial charge in [0.1, 0.15) is 5.76 Å². The van der Waals surface area contributed by atoms with Crippen molar-refractivity contribution in [3.8, 4) is 0 Å². The molecule has 1 aliphatic rings. The quantitative estimate of drug-likeness (QED) is 0.787. The number of carbonyl (C=O) groups excluding carboxylic acids is 1. The summed E-state index contributed by atoms with van der Waals surface area (Å²) in [7, 11) is 0. The minimum absolute atomic E-state index is 0.135. The molecule has 7 heteroatoms. The summed E-state index contributed by atoms with van der Waals surface area (Å²) in [6.07, 6.45) is 0. The van der Waals surface area contributed by atoms with Crippen LogP contribution in [-0.2, 0) is 22.6 Å². The second-order valence-corrected chi connectivity index (χ2v) is 6.57. The Labute approximate surface area is 153 Å². The first-order valence-electron chi connectivity index (χ1n) is 8.96. The molecule has 1 saturated heterocycles. The predicted octanol–water partition coefficient (Wildman–Crippen LogP) is 1.93. The van der Waals surface area contributed by atoms with Gasteiger partial charge in [0, 0.05) is 32.2 Å². The number of morpholine rings is 1. The highest BCUT2D eigenvalue weighted by molar-refractivity contribution is 5.93. The van der Waals surface area contributed by atoms with Crippen LogP contribution >= 0.6 is 0 Å². The summed E-state index contributed by atoms with van der Waals surface area (Å²) in [5.41, 5.74) is 2.48. The fraction of sp³-hybridized carbons (Fsp3) is 0.474. The van der Waals surface area contributed by atoms with Crippen LogP contribution in [0.4, 0.5) is 5.82 Å². The van der Waals surface area contributed by atoms with Crippen LogP contribution in [0.25, 0.3) is 0 Å². The van der Waals surface area contributed by atoms with Crippen molar-refractivity contribution < 1.29 is 14.1 Å². The van der Waals surface area contributed by atoms with Crippen LogP contribution in [0.5, 0.6) is 0 Å². The first kappa shape index (κ1) is 18.6. The second kappa shape index (κ2) is 8.93. The zero-order chi connectivity index (χ0) is 18.4. The molecule has 2 N–H and O–H groups in total. The summed E-state index contributed by atoms with van der Waals surface area (Å²) in [5.74, 6) is 0.968. The maximum atomic E-state index is 12.3. The fourth-order valence-electron chi connectivity index (χ4n) is 2.90. The number of anilines is 1. The van der Waals surface area contributed by atoms with E-state index in [2.05, 4.69) is 38.9 Å². The molecule has 3 rings (SSSR count). The lowest BCUT2D eigenvalue weighted by molar-refractivity contribution is -0.117. The number of rotatable bonds is 7. The Kier molecular flexibility index (Phi) is 6.38. The summed E-state index contributed by atoms with van der Waals surface area (Å²) >= 11 is 0. The van der Waals surface area contributed by atoms with Crippen molar-refractivity contribution >= 4 is 11.7 Å². The van der Waals surface area contributed by atoms with Gasteiger partial charge in [-0.05, 0) is 25.0 Å². The monoisotopic (exact) mass is 358 g/mol. The molecule has 26 heavy (non-hydrogen) atoms. The highest BCUT2D eigenvalue weighted by Gasteiger charge is 2.16. The highest BCUT2D eigenvalue weighted by Crippen LogP contribution is 2.13. The van der Waals surface area contributed by atoms with Crippen molar-refractivity contribution in [2.75, 3.05) is 31.6 Å². The number of hydrogen-bond donors (Lipinski definition) is 2. The van der Waals surface area contributed by atoms with Crippen LogP contribution in [-0.4, -0.2) is 48.3 Å². The molecule has 1 aromatic carbocycles. The third kappa shape index (κ3) is 5.14. The molecular weight excluding hydrogens is 332 g/mol. The Bertz CT molecular complexity index is 725. The first-order chi connectivity index (χ1) is 12.6. The minimum Gasteiger partial charge on any atom is -0.379 e. The SMILES string of the molecule is Cc1cc(NC(=O)C(C)NCc2ccccc2CN2CCOCC2)no1. The Balaban J connectivity index is 1.54. The molecule has 1 amide bonds. The number of nitrogens with zero attached hydrogens (tertiary/aromatic N) is 2. The maximum absolute atomic E-state index is 12.3. The van der Waals surface area contributed by atoms with Crippen LogP contribution in [0.3, 0.4) is 0 Å². The lowest BCUT2D eigenvalue weighted by Crippen LogP contribution is -2.38. The largest absolute Gasteiger partial charge is 0.379 e. The Morgan fingerprint density at radius 2 is 2.00 bits per heavy atom. The van der Waals surface area contributed by atoms with Gasteiger partial charge in [0.15, 0.2) is 5.82 Å². The van der Waals surface area contributed by atoms with Gasteiger partial charge in [0.2, 0.25) is 5.91 Å². The molecule has 1 aromatic heterocycles. The van der Waals surface area contributed by atoms with E-state index in [-0.39, 0.29) is 11.9 Å². The van der Waals surface area contributed by atoms with Crippen molar-refractivity contribution in [1.82, 2.24) is 15.4 Å². The van der Waals surface area contributed by atoms with E-state index >= 15 is 0 Å². The zero-order valence-electron chi connectivity index (χ0n) is 15.3. The van der Waals surface area contributed by atoms with Gasteiger partial charge >= 0.3 is 0 Å². The van der Waals surface area contributed by atoms with Crippen LogP contribution in [0.2, 0.25) is 0 Å². The average Bonchev–Trinajstić information content (AvgIpc) is 3.06. The number of amides is 1. The lowest BCUT2D eigenvalue weighted by Gasteiger charge is -2.27. The van der Waals surface area contributed by atoms with Crippen molar-refractivity contribution in [2.24, 2.45) is 0 Å². The number of benzene rings is 1. The highest BCUT2D eigenvalue weighted by atomic mass is 16.5. The van der Waals surface area contributed by atoms with Gasteiger partial charge in [-0.25, -0.2) is 0 Å². The molecule has 140 valence electrons. The van der Waals surface area contributed by atoms with E-state index in [1.807, 2.05) is 13.0 Å². The zero-order valence-corrected chi connectivity index (χ0v) is 15.3. The number of aryl methyl sites for hydroxylation is 1. The molecule has 1 fully saturated rings. The Morgan fingerprint density at radius 3 is 2.69 bits per heavy atom. The standard InChI is InChI=1S/C19H26N4O3/c1-14-11-18(22-26-14)21-19(24)15(2)20-12-16-5-3-4-6-17(16)13-23-7-9-25-10-8-23/h3-6,11,15,20H,7-10,12-13H2,1-2H3,(H,21,22,24). The Hall–Kier alpha value is -2.22. The third-order valence-electron chi connectivity index (χ3n) is 4.49. The molecule has 1 unspecified atom stereocenters. The molecule has 0 bridgehead atoms. The normalized spacial score (nSPS) is 16.4. The maximum Gasteiger partial charge on any atom is 0.242 e. The second-order valence-electron chi connectivity index (χ2n) is 6.57. The number of carbonyl (C=O) groups is 1. The summed E-state index contributed by atoms with van der Waals surface area (Å²) in [6, 6.07) is 9.69. The minimum atomic E-state index is -0.344. The smallest absolute Gasteiger partial charge is 0.242 e. The average molecular weight is 358 g/mol. The van der Waals surface area contributed by atoms with E-state index in [9.17, 15) is 4.79 Å².